The van der Waals surface area contributed by atoms with Gasteiger partial charge in [0.2, 0.25) is 10.0 Å². The summed E-state index contributed by atoms with van der Waals surface area (Å²) in [7, 11) is -3.55. The van der Waals surface area contributed by atoms with Crippen molar-refractivity contribution < 1.29 is 8.42 Å². The molecule has 1 unspecified atom stereocenters. The van der Waals surface area contributed by atoms with Crippen molar-refractivity contribution >= 4 is 38.4 Å². The first-order valence-corrected chi connectivity index (χ1v) is 8.63. The topological polar surface area (TPSA) is 85.1 Å². The van der Waals surface area contributed by atoms with E-state index in [1.807, 2.05) is 0 Å². The van der Waals surface area contributed by atoms with Gasteiger partial charge in [-0.3, -0.25) is 4.98 Å². The molecule has 1 heterocycles. The first-order valence-electron chi connectivity index (χ1n) is 6.36. The van der Waals surface area contributed by atoms with E-state index in [0.29, 0.717) is 16.9 Å². The Hall–Kier alpha value is -0.210. The summed E-state index contributed by atoms with van der Waals surface area (Å²) in [6, 6.07) is 1.35. The Labute approximate surface area is 134 Å². The number of hydrogen-bond acceptors (Lipinski definition) is 4. The Bertz CT molecular complexity index is 535. The molecule has 1 atom stereocenters. The van der Waals surface area contributed by atoms with Crippen LogP contribution < -0.4 is 10.5 Å². The maximum Gasteiger partial charge on any atom is 0.242 e. The van der Waals surface area contributed by atoms with Crippen molar-refractivity contribution in [3.63, 3.8) is 0 Å². The summed E-state index contributed by atoms with van der Waals surface area (Å²) >= 11 is 3.22. The third kappa shape index (κ3) is 4.39. The Morgan fingerprint density at radius 1 is 1.40 bits per heavy atom. The summed E-state index contributed by atoms with van der Waals surface area (Å²) < 4.78 is 27.9. The predicted molar refractivity (Wildman–Crippen MR) is 84.3 cm³/mol. The van der Waals surface area contributed by atoms with E-state index in [9.17, 15) is 8.42 Å². The fourth-order valence-corrected chi connectivity index (χ4v) is 4.32. The number of nitrogens with one attached hydrogen (secondary N) is 1. The summed E-state index contributed by atoms with van der Waals surface area (Å²) in [6.45, 7) is 0.325. The van der Waals surface area contributed by atoms with E-state index in [1.165, 1.54) is 12.3 Å². The smallest absolute Gasteiger partial charge is 0.242 e. The molecule has 1 fully saturated rings. The van der Waals surface area contributed by atoms with Crippen LogP contribution in [0.5, 0.6) is 0 Å². The fourth-order valence-electron chi connectivity index (χ4n) is 2.50. The van der Waals surface area contributed by atoms with Crippen molar-refractivity contribution in [3.8, 4) is 0 Å². The monoisotopic (exact) mass is 383 g/mol. The van der Waals surface area contributed by atoms with Crippen LogP contribution >= 0.6 is 28.3 Å². The molecule has 1 aliphatic rings. The van der Waals surface area contributed by atoms with Gasteiger partial charge in [-0.05, 0) is 40.8 Å². The Morgan fingerprint density at radius 2 is 2.05 bits per heavy atom. The van der Waals surface area contributed by atoms with Gasteiger partial charge in [0.15, 0.2) is 0 Å². The Balaban J connectivity index is 0.00000200. The molecule has 1 aromatic heterocycles. The average Bonchev–Trinajstić information content (AvgIpc) is 2.90. The molecule has 0 saturated heterocycles. The highest BCUT2D eigenvalue weighted by Crippen LogP contribution is 2.28. The van der Waals surface area contributed by atoms with Gasteiger partial charge >= 0.3 is 0 Å². The molecule has 1 aliphatic carbocycles. The Kier molecular flexibility index (Phi) is 6.87. The molecule has 20 heavy (non-hydrogen) atoms. The lowest BCUT2D eigenvalue weighted by Crippen LogP contribution is -2.44. The summed E-state index contributed by atoms with van der Waals surface area (Å²) in [5.41, 5.74) is 5.72. The lowest BCUT2D eigenvalue weighted by Gasteiger charge is -2.22. The Morgan fingerprint density at radius 3 is 2.60 bits per heavy atom. The molecule has 0 bridgehead atoms. The highest BCUT2D eigenvalue weighted by molar-refractivity contribution is 9.10. The first-order chi connectivity index (χ1) is 9.03. The quantitative estimate of drug-likeness (QED) is 0.813. The number of nitrogens with two attached hydrogens (primary N) is 1. The molecule has 1 aromatic rings. The number of halogens is 2. The molecule has 5 nitrogen and oxygen atoms in total. The van der Waals surface area contributed by atoms with E-state index >= 15 is 0 Å². The summed E-state index contributed by atoms with van der Waals surface area (Å²) in [4.78, 5) is 4.05. The van der Waals surface area contributed by atoms with Crippen molar-refractivity contribution in [1.82, 2.24) is 9.71 Å². The lowest BCUT2D eigenvalue weighted by atomic mass is 9.99. The zero-order chi connectivity index (χ0) is 13.9. The standard InChI is InChI=1S/C12H18BrN3O2S.ClH/c13-10-5-11(8-15-7-10)19(17,18)16-12(6-14)9-3-1-2-4-9;/h5,7-9,12,16H,1-4,6,14H2;1H. The van der Waals surface area contributed by atoms with Crippen LogP contribution in [-0.2, 0) is 10.0 Å². The highest BCUT2D eigenvalue weighted by atomic mass is 79.9. The molecular weight excluding hydrogens is 366 g/mol. The van der Waals surface area contributed by atoms with Gasteiger partial charge in [0.1, 0.15) is 4.90 Å². The van der Waals surface area contributed by atoms with E-state index in [1.54, 1.807) is 6.20 Å². The van der Waals surface area contributed by atoms with Crippen LogP contribution in [0.1, 0.15) is 25.7 Å². The zero-order valence-electron chi connectivity index (χ0n) is 11.0. The summed E-state index contributed by atoms with van der Waals surface area (Å²) in [5, 5.41) is 0. The van der Waals surface area contributed by atoms with E-state index < -0.39 is 10.0 Å². The van der Waals surface area contributed by atoms with Crippen molar-refractivity contribution in [1.29, 1.82) is 0 Å². The highest BCUT2D eigenvalue weighted by Gasteiger charge is 2.28. The van der Waals surface area contributed by atoms with Gasteiger partial charge in [-0.1, -0.05) is 12.8 Å². The summed E-state index contributed by atoms with van der Waals surface area (Å²) in [6.07, 6.45) is 7.29. The van der Waals surface area contributed by atoms with Crippen molar-refractivity contribution in [2.24, 2.45) is 11.7 Å². The molecule has 0 amide bonds. The zero-order valence-corrected chi connectivity index (χ0v) is 14.2. The van der Waals surface area contributed by atoms with Gasteiger partial charge in [-0.2, -0.15) is 0 Å². The molecule has 0 spiro atoms. The number of rotatable bonds is 5. The number of nitrogens with zero attached hydrogens (tertiary/aromatic N) is 1. The largest absolute Gasteiger partial charge is 0.329 e. The number of sulfonamides is 1. The second-order valence-corrected chi connectivity index (χ2v) is 7.48. The molecule has 3 N–H and O–H groups in total. The van der Waals surface area contributed by atoms with Crippen molar-refractivity contribution in [2.45, 2.75) is 36.6 Å². The third-order valence-electron chi connectivity index (χ3n) is 3.52. The second-order valence-electron chi connectivity index (χ2n) is 4.85. The second kappa shape index (κ2) is 7.70. The van der Waals surface area contributed by atoms with E-state index in [2.05, 4.69) is 25.6 Å². The molecule has 114 valence electrons. The van der Waals surface area contributed by atoms with Gasteiger partial charge in [0.05, 0.1) is 0 Å². The predicted octanol–water partition coefficient (Wildman–Crippen LogP) is 2.06. The molecule has 0 aliphatic heterocycles. The van der Waals surface area contributed by atoms with Crippen LogP contribution in [0.4, 0.5) is 0 Å². The minimum atomic E-state index is -3.55. The maximum absolute atomic E-state index is 12.3. The van der Waals surface area contributed by atoms with Crippen LogP contribution in [0.3, 0.4) is 0 Å². The number of hydrogen-bond donors (Lipinski definition) is 2. The van der Waals surface area contributed by atoms with Crippen molar-refractivity contribution in [2.75, 3.05) is 6.54 Å². The molecule has 2 rings (SSSR count). The van der Waals surface area contributed by atoms with Gasteiger partial charge in [0, 0.05) is 29.5 Å². The van der Waals surface area contributed by atoms with Crippen LogP contribution in [0, 0.1) is 5.92 Å². The van der Waals surface area contributed by atoms with E-state index in [-0.39, 0.29) is 23.3 Å². The van der Waals surface area contributed by atoms with Gasteiger partial charge in [-0.15, -0.1) is 12.4 Å². The number of pyridine rings is 1. The minimum absolute atomic E-state index is 0. The van der Waals surface area contributed by atoms with Crippen LogP contribution in [0.15, 0.2) is 27.8 Å². The lowest BCUT2D eigenvalue weighted by molar-refractivity contribution is 0.405. The van der Waals surface area contributed by atoms with Crippen LogP contribution in [0.2, 0.25) is 0 Å². The SMILES string of the molecule is Cl.NCC(NS(=O)(=O)c1cncc(Br)c1)C1CCCC1. The molecule has 8 heteroatoms. The van der Waals surface area contributed by atoms with Gasteiger partial charge < -0.3 is 5.73 Å². The number of aromatic nitrogens is 1. The minimum Gasteiger partial charge on any atom is -0.329 e. The molecule has 0 aromatic carbocycles. The normalized spacial score (nSPS) is 17.7. The molecule has 1 saturated carbocycles. The van der Waals surface area contributed by atoms with Crippen molar-refractivity contribution in [3.05, 3.63) is 22.9 Å². The van der Waals surface area contributed by atoms with Gasteiger partial charge in [-0.25, -0.2) is 13.1 Å². The van der Waals surface area contributed by atoms with E-state index in [0.717, 1.165) is 25.7 Å². The first kappa shape index (κ1) is 17.8. The average molecular weight is 385 g/mol. The maximum atomic E-state index is 12.3. The van der Waals surface area contributed by atoms with E-state index in [4.69, 9.17) is 5.73 Å². The molecular formula is C12H19BrClN3O2S. The third-order valence-corrected chi connectivity index (χ3v) is 5.41. The van der Waals surface area contributed by atoms with Gasteiger partial charge in [0.25, 0.3) is 0 Å². The fraction of sp³-hybridized carbons (Fsp3) is 0.583. The molecule has 0 radical (unpaired) electrons. The van der Waals surface area contributed by atoms with Crippen LogP contribution in [0.25, 0.3) is 0 Å². The summed E-state index contributed by atoms with van der Waals surface area (Å²) in [5.74, 6) is 0.347. The van der Waals surface area contributed by atoms with Crippen LogP contribution in [-0.4, -0.2) is 26.0 Å².